The van der Waals surface area contributed by atoms with Crippen LogP contribution in [0.1, 0.15) is 28.4 Å². The highest BCUT2D eigenvalue weighted by Gasteiger charge is 2.18. The zero-order chi connectivity index (χ0) is 17.6. The Morgan fingerprint density at radius 1 is 1.08 bits per heavy atom. The van der Waals surface area contributed by atoms with Crippen LogP contribution in [0.5, 0.6) is 0 Å². The third-order valence-electron chi connectivity index (χ3n) is 4.58. The third kappa shape index (κ3) is 4.54. The van der Waals surface area contributed by atoms with Crippen molar-refractivity contribution in [2.24, 2.45) is 0 Å². The SMILES string of the molecule is CCN1CCN(c2ncc(C(=O)NCc3ccc(C)cc3)cn2)CC1. The molecule has 3 rings (SSSR count). The molecule has 1 aliphatic rings. The van der Waals surface area contributed by atoms with Crippen molar-refractivity contribution < 1.29 is 4.79 Å². The number of piperazine rings is 1. The molecular weight excluding hydrogens is 314 g/mol. The molecule has 0 bridgehead atoms. The van der Waals surface area contributed by atoms with Crippen LogP contribution in [0, 0.1) is 6.92 Å². The predicted molar refractivity (Wildman–Crippen MR) is 98.7 cm³/mol. The lowest BCUT2D eigenvalue weighted by Crippen LogP contribution is -2.46. The topological polar surface area (TPSA) is 61.4 Å². The normalized spacial score (nSPS) is 15.2. The van der Waals surface area contributed by atoms with Crippen LogP contribution in [0.4, 0.5) is 5.95 Å². The molecule has 132 valence electrons. The number of anilines is 1. The summed E-state index contributed by atoms with van der Waals surface area (Å²) in [6, 6.07) is 8.12. The summed E-state index contributed by atoms with van der Waals surface area (Å²) in [5.41, 5.74) is 2.77. The van der Waals surface area contributed by atoms with Gasteiger partial charge in [-0.3, -0.25) is 4.79 Å². The molecule has 1 N–H and O–H groups in total. The van der Waals surface area contributed by atoms with E-state index in [2.05, 4.69) is 32.0 Å². The molecule has 2 heterocycles. The van der Waals surface area contributed by atoms with E-state index in [0.717, 1.165) is 38.3 Å². The molecular formula is C19H25N5O. The van der Waals surface area contributed by atoms with Crippen molar-refractivity contribution in [2.45, 2.75) is 20.4 Å². The monoisotopic (exact) mass is 339 g/mol. The molecule has 1 amide bonds. The van der Waals surface area contributed by atoms with Gasteiger partial charge in [0.1, 0.15) is 0 Å². The second kappa shape index (κ2) is 8.07. The lowest BCUT2D eigenvalue weighted by molar-refractivity contribution is 0.0950. The minimum atomic E-state index is -0.150. The molecule has 0 unspecified atom stereocenters. The van der Waals surface area contributed by atoms with E-state index in [1.807, 2.05) is 31.2 Å². The average Bonchev–Trinajstić information content (AvgIpc) is 2.67. The molecule has 25 heavy (non-hydrogen) atoms. The lowest BCUT2D eigenvalue weighted by Gasteiger charge is -2.33. The number of rotatable bonds is 5. The Kier molecular flexibility index (Phi) is 5.60. The number of amides is 1. The number of hydrogen-bond acceptors (Lipinski definition) is 5. The van der Waals surface area contributed by atoms with Crippen molar-refractivity contribution >= 4 is 11.9 Å². The second-order valence-electron chi connectivity index (χ2n) is 6.36. The number of nitrogens with one attached hydrogen (secondary N) is 1. The van der Waals surface area contributed by atoms with Crippen molar-refractivity contribution in [3.8, 4) is 0 Å². The minimum absolute atomic E-state index is 0.150. The van der Waals surface area contributed by atoms with Gasteiger partial charge < -0.3 is 15.1 Å². The van der Waals surface area contributed by atoms with Gasteiger partial charge in [0.15, 0.2) is 0 Å². The molecule has 1 aliphatic heterocycles. The molecule has 1 aromatic heterocycles. The summed E-state index contributed by atoms with van der Waals surface area (Å²) in [6.07, 6.45) is 3.22. The summed E-state index contributed by atoms with van der Waals surface area (Å²) in [5.74, 6) is 0.550. The quantitative estimate of drug-likeness (QED) is 0.901. The van der Waals surface area contributed by atoms with E-state index in [1.54, 1.807) is 12.4 Å². The van der Waals surface area contributed by atoms with Gasteiger partial charge in [0, 0.05) is 45.1 Å². The standard InChI is InChI=1S/C19H25N5O/c1-3-23-8-10-24(11-9-23)19-21-13-17(14-22-19)18(25)20-12-16-6-4-15(2)5-7-16/h4-7,13-14H,3,8-12H2,1-2H3,(H,20,25). The average molecular weight is 339 g/mol. The van der Waals surface area contributed by atoms with Gasteiger partial charge in [0.05, 0.1) is 5.56 Å². The molecule has 1 fully saturated rings. The van der Waals surface area contributed by atoms with Crippen LogP contribution in [0.25, 0.3) is 0 Å². The van der Waals surface area contributed by atoms with Gasteiger partial charge >= 0.3 is 0 Å². The van der Waals surface area contributed by atoms with Crippen LogP contribution >= 0.6 is 0 Å². The van der Waals surface area contributed by atoms with Crippen LogP contribution in [-0.4, -0.2) is 53.5 Å². The first-order valence-electron chi connectivity index (χ1n) is 8.79. The number of carbonyl (C=O) groups is 1. The zero-order valence-electron chi connectivity index (χ0n) is 14.9. The molecule has 0 spiro atoms. The van der Waals surface area contributed by atoms with Gasteiger partial charge in [-0.2, -0.15) is 0 Å². The molecule has 0 aliphatic carbocycles. The molecule has 6 heteroatoms. The molecule has 0 saturated carbocycles. The number of likely N-dealkylation sites (N-methyl/N-ethyl adjacent to an activating group) is 1. The highest BCUT2D eigenvalue weighted by Crippen LogP contribution is 2.11. The van der Waals surface area contributed by atoms with Crippen molar-refractivity contribution in [1.29, 1.82) is 0 Å². The van der Waals surface area contributed by atoms with E-state index in [9.17, 15) is 4.79 Å². The number of nitrogens with zero attached hydrogens (tertiary/aromatic N) is 4. The first-order chi connectivity index (χ1) is 12.2. The third-order valence-corrected chi connectivity index (χ3v) is 4.58. The van der Waals surface area contributed by atoms with E-state index >= 15 is 0 Å². The van der Waals surface area contributed by atoms with Gasteiger partial charge in [-0.15, -0.1) is 0 Å². The molecule has 2 aromatic rings. The van der Waals surface area contributed by atoms with Crippen molar-refractivity contribution in [2.75, 3.05) is 37.6 Å². The Labute approximate surface area is 148 Å². The van der Waals surface area contributed by atoms with Crippen LogP contribution in [0.2, 0.25) is 0 Å². The first kappa shape index (κ1) is 17.4. The number of aromatic nitrogens is 2. The Morgan fingerprint density at radius 3 is 2.32 bits per heavy atom. The van der Waals surface area contributed by atoms with Crippen LogP contribution in [0.3, 0.4) is 0 Å². The summed E-state index contributed by atoms with van der Waals surface area (Å²) in [6.45, 7) is 9.70. The Morgan fingerprint density at radius 2 is 1.72 bits per heavy atom. The number of hydrogen-bond donors (Lipinski definition) is 1. The van der Waals surface area contributed by atoms with E-state index in [0.29, 0.717) is 18.1 Å². The minimum Gasteiger partial charge on any atom is -0.348 e. The number of benzene rings is 1. The largest absolute Gasteiger partial charge is 0.348 e. The summed E-state index contributed by atoms with van der Waals surface area (Å²) in [5, 5.41) is 2.91. The maximum absolute atomic E-state index is 12.2. The number of carbonyl (C=O) groups excluding carboxylic acids is 1. The molecule has 0 atom stereocenters. The molecule has 1 aromatic carbocycles. The highest BCUT2D eigenvalue weighted by atomic mass is 16.1. The van der Waals surface area contributed by atoms with Gasteiger partial charge in [-0.25, -0.2) is 9.97 Å². The summed E-state index contributed by atoms with van der Waals surface area (Å²) >= 11 is 0. The maximum atomic E-state index is 12.2. The van der Waals surface area contributed by atoms with Crippen LogP contribution in [-0.2, 0) is 6.54 Å². The molecule has 6 nitrogen and oxygen atoms in total. The summed E-state index contributed by atoms with van der Waals surface area (Å²) in [7, 11) is 0. The fourth-order valence-corrected chi connectivity index (χ4v) is 2.86. The second-order valence-corrected chi connectivity index (χ2v) is 6.36. The predicted octanol–water partition coefficient (Wildman–Crippen LogP) is 1.86. The van der Waals surface area contributed by atoms with Gasteiger partial charge in [0.2, 0.25) is 5.95 Å². The summed E-state index contributed by atoms with van der Waals surface area (Å²) < 4.78 is 0. The number of aryl methyl sites for hydroxylation is 1. The Balaban J connectivity index is 1.54. The van der Waals surface area contributed by atoms with E-state index in [4.69, 9.17) is 0 Å². The molecule has 1 saturated heterocycles. The van der Waals surface area contributed by atoms with Crippen molar-refractivity contribution in [3.63, 3.8) is 0 Å². The van der Waals surface area contributed by atoms with Crippen molar-refractivity contribution in [1.82, 2.24) is 20.2 Å². The van der Waals surface area contributed by atoms with Gasteiger partial charge in [0.25, 0.3) is 5.91 Å². The van der Waals surface area contributed by atoms with Crippen LogP contribution < -0.4 is 10.2 Å². The van der Waals surface area contributed by atoms with E-state index in [-0.39, 0.29) is 5.91 Å². The zero-order valence-corrected chi connectivity index (χ0v) is 14.9. The van der Waals surface area contributed by atoms with Crippen LogP contribution in [0.15, 0.2) is 36.7 Å². The van der Waals surface area contributed by atoms with Crippen molar-refractivity contribution in [3.05, 3.63) is 53.3 Å². The van der Waals surface area contributed by atoms with Gasteiger partial charge in [-0.05, 0) is 19.0 Å². The summed E-state index contributed by atoms with van der Waals surface area (Å²) in [4.78, 5) is 25.6. The van der Waals surface area contributed by atoms with E-state index < -0.39 is 0 Å². The Hall–Kier alpha value is -2.47. The fraction of sp³-hybridized carbons (Fsp3) is 0.421. The van der Waals surface area contributed by atoms with Gasteiger partial charge in [-0.1, -0.05) is 36.8 Å². The molecule has 0 radical (unpaired) electrons. The highest BCUT2D eigenvalue weighted by molar-refractivity contribution is 5.93. The maximum Gasteiger partial charge on any atom is 0.254 e. The lowest BCUT2D eigenvalue weighted by atomic mass is 10.1. The first-order valence-corrected chi connectivity index (χ1v) is 8.79. The fourth-order valence-electron chi connectivity index (χ4n) is 2.86. The Bertz CT molecular complexity index is 691. The smallest absolute Gasteiger partial charge is 0.254 e. The van der Waals surface area contributed by atoms with E-state index in [1.165, 1.54) is 5.56 Å².